The molecule has 0 unspecified atom stereocenters. The number of oxazole rings is 1. The maximum atomic E-state index is 12.5. The molecule has 1 amide bonds. The van der Waals surface area contributed by atoms with Crippen LogP contribution in [-0.2, 0) is 16.0 Å². The second-order valence-electron chi connectivity index (χ2n) is 6.61. The second kappa shape index (κ2) is 7.80. The van der Waals surface area contributed by atoms with Gasteiger partial charge in [0.2, 0.25) is 11.8 Å². The van der Waals surface area contributed by atoms with Gasteiger partial charge in [-0.3, -0.25) is 4.79 Å². The molecule has 25 heavy (non-hydrogen) atoms. The van der Waals surface area contributed by atoms with Gasteiger partial charge in [-0.25, -0.2) is 4.98 Å². The van der Waals surface area contributed by atoms with Crippen molar-refractivity contribution >= 4 is 5.91 Å². The van der Waals surface area contributed by atoms with Gasteiger partial charge in [-0.05, 0) is 31.9 Å². The van der Waals surface area contributed by atoms with E-state index in [2.05, 4.69) is 10.3 Å². The number of carbonyl (C=O) groups is 1. The first-order valence-electron chi connectivity index (χ1n) is 8.70. The van der Waals surface area contributed by atoms with Crippen molar-refractivity contribution in [2.24, 2.45) is 11.1 Å². The number of amides is 1. The summed E-state index contributed by atoms with van der Waals surface area (Å²) in [7, 11) is 0. The largest absolute Gasteiger partial charge is 0.444 e. The molecule has 0 aliphatic carbocycles. The predicted octanol–water partition coefficient (Wildman–Crippen LogP) is 2.06. The highest BCUT2D eigenvalue weighted by molar-refractivity contribution is 5.83. The Labute approximate surface area is 147 Å². The molecule has 0 atom stereocenters. The molecule has 1 aromatic heterocycles. The first-order chi connectivity index (χ1) is 12.1. The number of aryl methyl sites for hydroxylation is 1. The minimum absolute atomic E-state index is 0.0144. The zero-order valence-electron chi connectivity index (χ0n) is 14.6. The molecule has 0 bridgehead atoms. The van der Waals surface area contributed by atoms with Crippen LogP contribution in [0.4, 0.5) is 0 Å². The molecule has 2 heterocycles. The molecule has 0 saturated carbocycles. The third-order valence-electron chi connectivity index (χ3n) is 4.84. The molecular weight excluding hydrogens is 318 g/mol. The third-order valence-corrected chi connectivity index (χ3v) is 4.84. The van der Waals surface area contributed by atoms with Gasteiger partial charge in [0.1, 0.15) is 6.26 Å². The molecule has 6 heteroatoms. The van der Waals surface area contributed by atoms with E-state index in [1.54, 1.807) is 6.26 Å². The molecule has 1 aromatic carbocycles. The number of nitrogens with one attached hydrogen (secondary N) is 1. The zero-order chi connectivity index (χ0) is 17.7. The van der Waals surface area contributed by atoms with Gasteiger partial charge in [0.25, 0.3) is 0 Å². The van der Waals surface area contributed by atoms with Gasteiger partial charge in [0, 0.05) is 38.3 Å². The van der Waals surface area contributed by atoms with Crippen molar-refractivity contribution in [2.75, 3.05) is 26.3 Å². The number of nitrogens with zero attached hydrogens (tertiary/aromatic N) is 1. The van der Waals surface area contributed by atoms with Gasteiger partial charge in [0.15, 0.2) is 0 Å². The first kappa shape index (κ1) is 17.6. The Morgan fingerprint density at radius 1 is 1.28 bits per heavy atom. The predicted molar refractivity (Wildman–Crippen MR) is 94.9 cm³/mol. The number of rotatable bonds is 6. The summed E-state index contributed by atoms with van der Waals surface area (Å²) in [5, 5.41) is 2.99. The Morgan fingerprint density at radius 2 is 2.00 bits per heavy atom. The molecule has 0 radical (unpaired) electrons. The zero-order valence-corrected chi connectivity index (χ0v) is 14.6. The minimum atomic E-state index is -0.491. The van der Waals surface area contributed by atoms with E-state index in [0.29, 0.717) is 51.5 Å². The average molecular weight is 343 g/mol. The van der Waals surface area contributed by atoms with Crippen LogP contribution in [0.5, 0.6) is 0 Å². The molecule has 1 aliphatic heterocycles. The van der Waals surface area contributed by atoms with E-state index in [0.717, 1.165) is 11.3 Å². The van der Waals surface area contributed by atoms with Crippen LogP contribution in [0, 0.1) is 12.3 Å². The Kier molecular flexibility index (Phi) is 5.50. The first-order valence-corrected chi connectivity index (χ1v) is 8.70. The maximum Gasteiger partial charge on any atom is 0.227 e. The average Bonchev–Trinajstić information content (AvgIpc) is 3.11. The van der Waals surface area contributed by atoms with Gasteiger partial charge in [0.05, 0.1) is 11.1 Å². The number of nitrogens with two attached hydrogens (primary N) is 1. The van der Waals surface area contributed by atoms with Crippen molar-refractivity contribution in [3.63, 3.8) is 0 Å². The van der Waals surface area contributed by atoms with Crippen LogP contribution in [-0.4, -0.2) is 37.2 Å². The number of benzene rings is 1. The highest BCUT2D eigenvalue weighted by Gasteiger charge is 2.38. The Bertz CT molecular complexity index is 703. The fourth-order valence-electron chi connectivity index (χ4n) is 3.03. The molecule has 1 aliphatic rings. The van der Waals surface area contributed by atoms with Gasteiger partial charge in [-0.1, -0.05) is 17.7 Å². The summed E-state index contributed by atoms with van der Waals surface area (Å²) in [6.45, 7) is 4.09. The lowest BCUT2D eigenvalue weighted by atomic mass is 9.79. The van der Waals surface area contributed by atoms with E-state index in [1.165, 1.54) is 5.56 Å². The van der Waals surface area contributed by atoms with Crippen LogP contribution in [0.15, 0.2) is 34.9 Å². The van der Waals surface area contributed by atoms with E-state index in [1.807, 2.05) is 31.2 Å². The van der Waals surface area contributed by atoms with Crippen LogP contribution < -0.4 is 11.1 Å². The molecule has 3 rings (SSSR count). The monoisotopic (exact) mass is 343 g/mol. The number of carbonyl (C=O) groups excluding carboxylic acids is 1. The van der Waals surface area contributed by atoms with E-state index in [9.17, 15) is 4.79 Å². The number of aromatic nitrogens is 1. The van der Waals surface area contributed by atoms with E-state index < -0.39 is 5.41 Å². The van der Waals surface area contributed by atoms with Crippen LogP contribution in [0.25, 0.3) is 11.5 Å². The van der Waals surface area contributed by atoms with Crippen molar-refractivity contribution in [3.05, 3.63) is 41.8 Å². The molecule has 134 valence electrons. The number of hydrogen-bond acceptors (Lipinski definition) is 5. The van der Waals surface area contributed by atoms with E-state index >= 15 is 0 Å². The van der Waals surface area contributed by atoms with Crippen molar-refractivity contribution in [1.82, 2.24) is 10.3 Å². The summed E-state index contributed by atoms with van der Waals surface area (Å²) in [6.07, 6.45) is 3.63. The van der Waals surface area contributed by atoms with Gasteiger partial charge in [-0.15, -0.1) is 0 Å². The molecule has 6 nitrogen and oxygen atoms in total. The highest BCUT2D eigenvalue weighted by atomic mass is 16.5. The lowest BCUT2D eigenvalue weighted by Crippen LogP contribution is -2.49. The van der Waals surface area contributed by atoms with Crippen molar-refractivity contribution in [2.45, 2.75) is 26.2 Å². The Hall–Kier alpha value is -2.18. The SMILES string of the molecule is Cc1ccc(-c2nc(CCNC(=O)C3(CN)CCOCC3)co2)cc1. The molecular formula is C19H25N3O3. The molecule has 1 fully saturated rings. The lowest BCUT2D eigenvalue weighted by Gasteiger charge is -2.34. The van der Waals surface area contributed by atoms with Gasteiger partial charge >= 0.3 is 0 Å². The van der Waals surface area contributed by atoms with Crippen molar-refractivity contribution < 1.29 is 13.9 Å². The standard InChI is InChI=1S/C19H25N3O3/c1-14-2-4-15(5-3-14)17-22-16(12-25-17)6-9-21-18(23)19(13-20)7-10-24-11-8-19/h2-5,12H,6-11,13,20H2,1H3,(H,21,23). The Balaban J connectivity index is 1.54. The third kappa shape index (κ3) is 4.08. The van der Waals surface area contributed by atoms with Gasteiger partial charge in [-0.2, -0.15) is 0 Å². The van der Waals surface area contributed by atoms with Gasteiger partial charge < -0.3 is 20.2 Å². The normalized spacial score (nSPS) is 16.6. The second-order valence-corrected chi connectivity index (χ2v) is 6.61. The topological polar surface area (TPSA) is 90.4 Å². The number of ether oxygens (including phenoxy) is 1. The fraction of sp³-hybridized carbons (Fsp3) is 0.474. The fourth-order valence-corrected chi connectivity index (χ4v) is 3.03. The molecule has 3 N–H and O–H groups in total. The smallest absolute Gasteiger partial charge is 0.227 e. The summed E-state index contributed by atoms with van der Waals surface area (Å²) in [4.78, 5) is 17.0. The summed E-state index contributed by atoms with van der Waals surface area (Å²) >= 11 is 0. The highest BCUT2D eigenvalue weighted by Crippen LogP contribution is 2.29. The summed E-state index contributed by atoms with van der Waals surface area (Å²) in [5.74, 6) is 0.615. The lowest BCUT2D eigenvalue weighted by molar-refractivity contribution is -0.135. The number of hydrogen-bond donors (Lipinski definition) is 2. The Morgan fingerprint density at radius 3 is 2.68 bits per heavy atom. The van der Waals surface area contributed by atoms with Crippen molar-refractivity contribution in [1.29, 1.82) is 0 Å². The minimum Gasteiger partial charge on any atom is -0.444 e. The van der Waals surface area contributed by atoms with Crippen LogP contribution >= 0.6 is 0 Å². The molecule has 2 aromatic rings. The summed E-state index contributed by atoms with van der Waals surface area (Å²) < 4.78 is 10.9. The quantitative estimate of drug-likeness (QED) is 0.838. The summed E-state index contributed by atoms with van der Waals surface area (Å²) in [5.41, 5.74) is 8.33. The van der Waals surface area contributed by atoms with E-state index in [-0.39, 0.29) is 5.91 Å². The van der Waals surface area contributed by atoms with Crippen LogP contribution in [0.2, 0.25) is 0 Å². The maximum absolute atomic E-state index is 12.5. The molecule has 0 spiro atoms. The van der Waals surface area contributed by atoms with Crippen LogP contribution in [0.3, 0.4) is 0 Å². The van der Waals surface area contributed by atoms with E-state index in [4.69, 9.17) is 14.9 Å². The van der Waals surface area contributed by atoms with Crippen LogP contribution in [0.1, 0.15) is 24.1 Å². The summed E-state index contributed by atoms with van der Waals surface area (Å²) in [6, 6.07) is 8.03. The molecule has 1 saturated heterocycles. The van der Waals surface area contributed by atoms with Crippen molar-refractivity contribution in [3.8, 4) is 11.5 Å².